The van der Waals surface area contributed by atoms with Crippen LogP contribution in [0.1, 0.15) is 22.6 Å². The highest BCUT2D eigenvalue weighted by molar-refractivity contribution is 9.10. The first-order valence-corrected chi connectivity index (χ1v) is 7.74. The molecule has 5 heteroatoms. The van der Waals surface area contributed by atoms with Gasteiger partial charge < -0.3 is 11.1 Å². The van der Waals surface area contributed by atoms with Crippen molar-refractivity contribution in [2.24, 2.45) is 5.73 Å². The van der Waals surface area contributed by atoms with Crippen LogP contribution in [0.4, 0.5) is 5.69 Å². The first-order chi connectivity index (χ1) is 10.1. The Morgan fingerprint density at radius 3 is 2.76 bits per heavy atom. The van der Waals surface area contributed by atoms with Crippen molar-refractivity contribution >= 4 is 44.7 Å². The van der Waals surface area contributed by atoms with Gasteiger partial charge in [-0.15, -0.1) is 0 Å². The number of rotatable bonds is 3. The average molecular weight is 361 g/mol. The molecule has 2 aromatic carbocycles. The number of anilines is 1. The lowest BCUT2D eigenvalue weighted by Gasteiger charge is -2.29. The van der Waals surface area contributed by atoms with Crippen molar-refractivity contribution in [2.75, 3.05) is 5.32 Å². The Morgan fingerprint density at radius 1 is 1.29 bits per heavy atom. The van der Waals surface area contributed by atoms with Gasteiger partial charge in [0.1, 0.15) is 4.99 Å². The van der Waals surface area contributed by atoms with Gasteiger partial charge in [-0.3, -0.25) is 4.79 Å². The largest absolute Gasteiger partial charge is 0.389 e. The summed E-state index contributed by atoms with van der Waals surface area (Å²) in [6, 6.07) is 13.5. The lowest BCUT2D eigenvalue weighted by Crippen LogP contribution is -2.30. The number of carbonyl (C=O) groups excluding carboxylic acids is 1. The molecule has 3 rings (SSSR count). The minimum absolute atomic E-state index is 0.0238. The first-order valence-electron chi connectivity index (χ1n) is 6.54. The minimum atomic E-state index is -0.0978. The zero-order chi connectivity index (χ0) is 15.0. The molecular weight excluding hydrogens is 348 g/mol. The van der Waals surface area contributed by atoms with Crippen LogP contribution in [-0.2, 0) is 11.2 Å². The predicted octanol–water partition coefficient (Wildman–Crippen LogP) is 3.36. The summed E-state index contributed by atoms with van der Waals surface area (Å²) in [7, 11) is 0. The highest BCUT2D eigenvalue weighted by atomic mass is 79.9. The van der Waals surface area contributed by atoms with Crippen molar-refractivity contribution in [1.82, 2.24) is 0 Å². The Balaban J connectivity index is 1.84. The van der Waals surface area contributed by atoms with Crippen molar-refractivity contribution in [1.29, 1.82) is 0 Å². The fraction of sp³-hybridized carbons (Fsp3) is 0.125. The highest BCUT2D eigenvalue weighted by Gasteiger charge is 2.32. The molecule has 1 aliphatic carbocycles. The van der Waals surface area contributed by atoms with E-state index >= 15 is 0 Å². The van der Waals surface area contributed by atoms with E-state index in [1.54, 1.807) is 6.07 Å². The maximum absolute atomic E-state index is 12.4. The van der Waals surface area contributed by atoms with Gasteiger partial charge in [-0.05, 0) is 35.7 Å². The third kappa shape index (κ3) is 2.71. The van der Waals surface area contributed by atoms with Gasteiger partial charge in [-0.2, -0.15) is 0 Å². The van der Waals surface area contributed by atoms with Crippen LogP contribution in [0.2, 0.25) is 0 Å². The summed E-state index contributed by atoms with van der Waals surface area (Å²) in [5.41, 5.74) is 9.36. The van der Waals surface area contributed by atoms with E-state index in [9.17, 15) is 4.79 Å². The van der Waals surface area contributed by atoms with Crippen LogP contribution in [0.3, 0.4) is 0 Å². The quantitative estimate of drug-likeness (QED) is 0.825. The third-order valence-corrected chi connectivity index (χ3v) is 4.39. The topological polar surface area (TPSA) is 55.1 Å². The van der Waals surface area contributed by atoms with Crippen molar-refractivity contribution < 1.29 is 4.79 Å². The fourth-order valence-electron chi connectivity index (χ4n) is 2.55. The molecule has 0 saturated carbocycles. The number of amides is 1. The molecule has 1 atom stereocenters. The third-order valence-electron chi connectivity index (χ3n) is 3.68. The normalized spacial score (nSPS) is 15.8. The standard InChI is InChI=1S/C16H13BrN2OS/c17-10-5-6-12(15(18)21)14(8-10)19-16(20)13-7-9-3-1-2-4-11(9)13/h1-6,8,13H,7H2,(H2,18,21)(H,19,20). The van der Waals surface area contributed by atoms with Crippen LogP contribution < -0.4 is 11.1 Å². The van der Waals surface area contributed by atoms with Crippen LogP contribution in [0, 0.1) is 0 Å². The van der Waals surface area contributed by atoms with Crippen molar-refractivity contribution in [3.05, 3.63) is 63.6 Å². The lowest BCUT2D eigenvalue weighted by atomic mass is 9.77. The molecule has 2 aromatic rings. The average Bonchev–Trinajstić information content (AvgIpc) is 2.40. The molecule has 0 radical (unpaired) electrons. The smallest absolute Gasteiger partial charge is 0.232 e. The van der Waals surface area contributed by atoms with E-state index in [1.165, 1.54) is 5.56 Å². The van der Waals surface area contributed by atoms with Gasteiger partial charge in [0.05, 0.1) is 11.6 Å². The summed E-state index contributed by atoms with van der Waals surface area (Å²) in [6.45, 7) is 0. The number of benzene rings is 2. The molecule has 3 nitrogen and oxygen atoms in total. The molecule has 106 valence electrons. The number of fused-ring (bicyclic) bond motifs is 1. The lowest BCUT2D eigenvalue weighted by molar-refractivity contribution is -0.118. The van der Waals surface area contributed by atoms with E-state index in [0.717, 1.165) is 16.5 Å². The molecule has 1 aliphatic rings. The molecule has 0 aromatic heterocycles. The van der Waals surface area contributed by atoms with Crippen molar-refractivity contribution in [3.63, 3.8) is 0 Å². The predicted molar refractivity (Wildman–Crippen MR) is 91.5 cm³/mol. The van der Waals surface area contributed by atoms with Gasteiger partial charge in [-0.1, -0.05) is 52.4 Å². The number of carbonyl (C=O) groups is 1. The second-order valence-corrected chi connectivity index (χ2v) is 6.35. The Kier molecular flexibility index (Phi) is 3.78. The monoisotopic (exact) mass is 360 g/mol. The van der Waals surface area contributed by atoms with Gasteiger partial charge in [0.15, 0.2) is 0 Å². The van der Waals surface area contributed by atoms with Crippen LogP contribution in [0.25, 0.3) is 0 Å². The molecule has 0 spiro atoms. The van der Waals surface area contributed by atoms with Gasteiger partial charge in [-0.25, -0.2) is 0 Å². The van der Waals surface area contributed by atoms with Gasteiger partial charge in [0.2, 0.25) is 5.91 Å². The summed E-state index contributed by atoms with van der Waals surface area (Å²) in [5, 5.41) is 2.94. The number of nitrogens with one attached hydrogen (secondary N) is 1. The molecule has 0 saturated heterocycles. The molecule has 0 aliphatic heterocycles. The van der Waals surface area contributed by atoms with Crippen LogP contribution in [-0.4, -0.2) is 10.9 Å². The van der Waals surface area contributed by atoms with Gasteiger partial charge in [0.25, 0.3) is 0 Å². The molecular formula is C16H13BrN2OS. The summed E-state index contributed by atoms with van der Waals surface area (Å²) in [6.07, 6.45) is 0.776. The second kappa shape index (κ2) is 5.58. The number of hydrogen-bond acceptors (Lipinski definition) is 2. The Morgan fingerprint density at radius 2 is 2.05 bits per heavy atom. The number of hydrogen-bond donors (Lipinski definition) is 2. The summed E-state index contributed by atoms with van der Waals surface area (Å²) < 4.78 is 0.867. The van der Waals surface area contributed by atoms with Gasteiger partial charge >= 0.3 is 0 Å². The zero-order valence-corrected chi connectivity index (χ0v) is 13.5. The maximum Gasteiger partial charge on any atom is 0.232 e. The van der Waals surface area contributed by atoms with E-state index in [1.807, 2.05) is 30.3 Å². The molecule has 1 amide bonds. The number of halogens is 1. The summed E-state index contributed by atoms with van der Waals surface area (Å²) in [5.74, 6) is -0.122. The highest BCUT2D eigenvalue weighted by Crippen LogP contribution is 2.36. The van der Waals surface area contributed by atoms with Gasteiger partial charge in [0, 0.05) is 10.0 Å². The molecule has 21 heavy (non-hydrogen) atoms. The van der Waals surface area contributed by atoms with E-state index in [-0.39, 0.29) is 16.8 Å². The Bertz CT molecular complexity index is 745. The molecule has 0 bridgehead atoms. The summed E-state index contributed by atoms with van der Waals surface area (Å²) in [4.78, 5) is 12.7. The first kappa shape index (κ1) is 14.2. The molecule has 3 N–H and O–H groups in total. The van der Waals surface area contributed by atoms with Crippen molar-refractivity contribution in [3.8, 4) is 0 Å². The van der Waals surface area contributed by atoms with Crippen molar-refractivity contribution in [2.45, 2.75) is 12.3 Å². The van der Waals surface area contributed by atoms with Crippen LogP contribution >= 0.6 is 28.1 Å². The van der Waals surface area contributed by atoms with E-state index < -0.39 is 0 Å². The fourth-order valence-corrected chi connectivity index (χ4v) is 3.09. The second-order valence-electron chi connectivity index (χ2n) is 5.00. The van der Waals surface area contributed by atoms with Crippen LogP contribution in [0.5, 0.6) is 0 Å². The van der Waals surface area contributed by atoms with E-state index in [4.69, 9.17) is 18.0 Å². The number of thiocarbonyl (C=S) groups is 1. The molecule has 0 heterocycles. The Labute approximate surface area is 136 Å². The SMILES string of the molecule is NC(=S)c1ccc(Br)cc1NC(=O)C1Cc2ccccc21. The molecule has 1 unspecified atom stereocenters. The molecule has 0 fully saturated rings. The van der Waals surface area contributed by atoms with Crippen LogP contribution in [0.15, 0.2) is 46.9 Å². The zero-order valence-electron chi connectivity index (χ0n) is 11.1. The Hall–Kier alpha value is -1.72. The van der Waals surface area contributed by atoms with E-state index in [0.29, 0.717) is 11.3 Å². The number of nitrogens with two attached hydrogens (primary N) is 1. The maximum atomic E-state index is 12.4. The minimum Gasteiger partial charge on any atom is -0.389 e. The van der Waals surface area contributed by atoms with E-state index in [2.05, 4.69) is 27.3 Å². The summed E-state index contributed by atoms with van der Waals surface area (Å²) >= 11 is 8.42.